The molecular formula is C18H36O4Ti. The molecule has 0 aliphatic heterocycles. The van der Waals surface area contributed by atoms with Gasteiger partial charge in [0, 0.05) is 0 Å². The van der Waals surface area contributed by atoms with E-state index in [4.69, 9.17) is 0 Å². The van der Waals surface area contributed by atoms with Crippen LogP contribution in [0.5, 0.6) is 0 Å². The second kappa shape index (κ2) is 14.9. The summed E-state index contributed by atoms with van der Waals surface area (Å²) in [5, 5.41) is 44.6. The number of hydrogen-bond donors (Lipinski definition) is 0. The monoisotopic (exact) mass is 364 g/mol. The van der Waals surface area contributed by atoms with Gasteiger partial charge < -0.3 is 20.4 Å². The largest absolute Gasteiger partial charge is 4.00 e. The third-order valence-electron chi connectivity index (χ3n) is 3.90. The fourth-order valence-corrected chi connectivity index (χ4v) is 1.55. The topological polar surface area (TPSA) is 92.2 Å². The molecule has 0 radical (unpaired) electrons. The van der Waals surface area contributed by atoms with Crippen LogP contribution in [0.4, 0.5) is 0 Å². The first-order chi connectivity index (χ1) is 9.89. The summed E-state index contributed by atoms with van der Waals surface area (Å²) in [5.41, 5.74) is 0. The summed E-state index contributed by atoms with van der Waals surface area (Å²) >= 11 is 0. The number of rotatable bonds is 8. The van der Waals surface area contributed by atoms with Crippen LogP contribution < -0.4 is 20.4 Å². The van der Waals surface area contributed by atoms with Crippen molar-refractivity contribution < 1.29 is 42.1 Å². The maximum atomic E-state index is 11.1. The average Bonchev–Trinajstić information content (AvgIpc) is 2.38. The molecule has 23 heavy (non-hydrogen) atoms. The molecule has 4 unspecified atom stereocenters. The van der Waals surface area contributed by atoms with Crippen LogP contribution in [-0.2, 0) is 21.7 Å². The summed E-state index contributed by atoms with van der Waals surface area (Å²) in [4.78, 5) is 0. The van der Waals surface area contributed by atoms with Gasteiger partial charge in [0.15, 0.2) is 0 Å². The number of hydrogen-bond acceptors (Lipinski definition) is 4. The molecule has 0 bridgehead atoms. The van der Waals surface area contributed by atoms with E-state index in [1.165, 1.54) is 0 Å². The molecule has 4 atom stereocenters. The van der Waals surface area contributed by atoms with Gasteiger partial charge in [0.2, 0.25) is 0 Å². The zero-order valence-electron chi connectivity index (χ0n) is 16.2. The predicted molar refractivity (Wildman–Crippen MR) is 83.7 cm³/mol. The molecule has 5 heteroatoms. The third kappa shape index (κ3) is 15.8. The van der Waals surface area contributed by atoms with Gasteiger partial charge in [-0.1, -0.05) is 91.9 Å². The van der Waals surface area contributed by atoms with Gasteiger partial charge in [-0.25, -0.2) is 0 Å². The molecule has 0 aromatic rings. The van der Waals surface area contributed by atoms with E-state index in [-0.39, 0.29) is 58.2 Å². The van der Waals surface area contributed by atoms with E-state index in [2.05, 4.69) is 0 Å². The van der Waals surface area contributed by atoms with E-state index in [9.17, 15) is 20.4 Å². The second-order valence-electron chi connectivity index (χ2n) is 7.60. The van der Waals surface area contributed by atoms with Crippen molar-refractivity contribution in [1.82, 2.24) is 0 Å². The quantitative estimate of drug-likeness (QED) is 0.579. The first-order valence-corrected chi connectivity index (χ1v) is 8.53. The van der Waals surface area contributed by atoms with Crippen molar-refractivity contribution in [3.8, 4) is 0 Å². The molecule has 0 aliphatic carbocycles. The Hall–Kier alpha value is 0.554. The van der Waals surface area contributed by atoms with Crippen LogP contribution >= 0.6 is 0 Å². The Bertz CT molecular complexity index is 207. The standard InChI is InChI=1S/2C9H18O2.Ti/c2*1-6(2)8(10)5-9(11)7(3)4;/h2*6-9H,5H2,1-4H3;/q2*-2;+4. The molecule has 0 amide bonds. The molecule has 0 saturated carbocycles. The van der Waals surface area contributed by atoms with Crippen LogP contribution in [0, 0.1) is 23.7 Å². The normalized spacial score (nSPS) is 16.7. The Morgan fingerprint density at radius 3 is 0.652 bits per heavy atom. The van der Waals surface area contributed by atoms with Crippen molar-refractivity contribution in [1.29, 1.82) is 0 Å². The Labute approximate surface area is 158 Å². The smallest absolute Gasteiger partial charge is 0.852 e. The van der Waals surface area contributed by atoms with Crippen molar-refractivity contribution >= 4 is 0 Å². The Kier molecular flexibility index (Phi) is 18.3. The summed E-state index contributed by atoms with van der Waals surface area (Å²) in [6, 6.07) is 0. The summed E-state index contributed by atoms with van der Waals surface area (Å²) in [7, 11) is 0. The molecule has 0 heterocycles. The van der Waals surface area contributed by atoms with Crippen LogP contribution in [0.2, 0.25) is 0 Å². The van der Waals surface area contributed by atoms with E-state index in [1.54, 1.807) is 0 Å². The van der Waals surface area contributed by atoms with E-state index in [0.29, 0.717) is 0 Å². The molecule has 0 aromatic heterocycles. The minimum Gasteiger partial charge on any atom is -0.852 e. The summed E-state index contributed by atoms with van der Waals surface area (Å²) < 4.78 is 0. The fraction of sp³-hybridized carbons (Fsp3) is 1.00. The zero-order valence-corrected chi connectivity index (χ0v) is 17.7. The maximum absolute atomic E-state index is 11.1. The van der Waals surface area contributed by atoms with Crippen molar-refractivity contribution in [2.75, 3.05) is 0 Å². The van der Waals surface area contributed by atoms with Gasteiger partial charge >= 0.3 is 21.7 Å². The van der Waals surface area contributed by atoms with Crippen molar-refractivity contribution in [3.63, 3.8) is 0 Å². The minimum atomic E-state index is -0.681. The Morgan fingerprint density at radius 2 is 0.565 bits per heavy atom. The fourth-order valence-electron chi connectivity index (χ4n) is 1.55. The van der Waals surface area contributed by atoms with Gasteiger partial charge in [-0.3, -0.25) is 0 Å². The summed E-state index contributed by atoms with van der Waals surface area (Å²) in [6.45, 7) is 14.9. The van der Waals surface area contributed by atoms with E-state index in [1.807, 2.05) is 55.4 Å². The van der Waals surface area contributed by atoms with Crippen LogP contribution in [0.1, 0.15) is 68.2 Å². The first kappa shape index (κ1) is 28.4. The van der Waals surface area contributed by atoms with Crippen LogP contribution in [0.25, 0.3) is 0 Å². The Morgan fingerprint density at radius 1 is 0.435 bits per heavy atom. The summed E-state index contributed by atoms with van der Waals surface area (Å²) in [6.07, 6.45) is -2.18. The molecule has 0 N–H and O–H groups in total. The van der Waals surface area contributed by atoms with Gasteiger partial charge in [0.25, 0.3) is 0 Å². The van der Waals surface area contributed by atoms with Gasteiger partial charge in [0.1, 0.15) is 0 Å². The molecule has 4 nitrogen and oxygen atoms in total. The van der Waals surface area contributed by atoms with E-state index < -0.39 is 24.4 Å². The third-order valence-corrected chi connectivity index (χ3v) is 3.90. The van der Waals surface area contributed by atoms with Gasteiger partial charge in [0.05, 0.1) is 0 Å². The summed E-state index contributed by atoms with van der Waals surface area (Å²) in [5.74, 6) is 0.353. The maximum Gasteiger partial charge on any atom is 4.00 e. The van der Waals surface area contributed by atoms with Crippen LogP contribution in [0.3, 0.4) is 0 Å². The SMILES string of the molecule is CC(C)C([O-])CC([O-])C(C)C.CC(C)C([O-])CC([O-])C(C)C.[Ti+4]. The Balaban J connectivity index is -0.000000333. The van der Waals surface area contributed by atoms with Crippen molar-refractivity contribution in [2.45, 2.75) is 92.6 Å². The molecule has 0 spiro atoms. The molecule has 136 valence electrons. The van der Waals surface area contributed by atoms with Gasteiger partial charge in [-0.15, -0.1) is 24.4 Å². The average molecular weight is 364 g/mol. The predicted octanol–water partition coefficient (Wildman–Crippen LogP) is 0.290. The minimum absolute atomic E-state index is 0. The first-order valence-electron chi connectivity index (χ1n) is 8.53. The molecule has 0 aromatic carbocycles. The van der Waals surface area contributed by atoms with Crippen molar-refractivity contribution in [3.05, 3.63) is 0 Å². The van der Waals surface area contributed by atoms with Gasteiger partial charge in [-0.2, -0.15) is 0 Å². The second-order valence-corrected chi connectivity index (χ2v) is 7.60. The van der Waals surface area contributed by atoms with Crippen molar-refractivity contribution in [2.24, 2.45) is 23.7 Å². The zero-order chi connectivity index (χ0) is 18.0. The molecule has 0 saturated heterocycles. The molecular weight excluding hydrogens is 328 g/mol. The van der Waals surface area contributed by atoms with E-state index in [0.717, 1.165) is 0 Å². The molecule has 0 rings (SSSR count). The van der Waals surface area contributed by atoms with E-state index >= 15 is 0 Å². The van der Waals surface area contributed by atoms with Gasteiger partial charge in [-0.05, 0) is 0 Å². The molecule has 0 fully saturated rings. The molecule has 0 aliphatic rings. The van der Waals surface area contributed by atoms with Crippen LogP contribution in [-0.4, -0.2) is 24.4 Å². The van der Waals surface area contributed by atoms with Crippen LogP contribution in [0.15, 0.2) is 0 Å².